The van der Waals surface area contributed by atoms with E-state index in [1.54, 1.807) is 0 Å². The van der Waals surface area contributed by atoms with Crippen LogP contribution in [0.1, 0.15) is 0 Å². The summed E-state index contributed by atoms with van der Waals surface area (Å²) in [5, 5.41) is 0.933. The molecule has 0 N–H and O–H groups in total. The maximum Gasteiger partial charge on any atom is 0.0425 e. The van der Waals surface area contributed by atoms with Crippen molar-refractivity contribution in [2.45, 2.75) is 5.14 Å². The Kier molecular flexibility index (Phi) is 16.2. The van der Waals surface area contributed by atoms with Gasteiger partial charge in [0.05, 0.1) is 0 Å². The van der Waals surface area contributed by atoms with E-state index in [0.717, 1.165) is 13.1 Å². The predicted molar refractivity (Wildman–Crippen MR) is 124 cm³/mol. The molecular weight excluding hydrogens is 446 g/mol. The van der Waals surface area contributed by atoms with E-state index in [9.17, 15) is 0 Å². The first kappa shape index (κ1) is 21.0. The largest absolute Gasteiger partial charge is 0.110 e. The van der Waals surface area contributed by atoms with Gasteiger partial charge in [-0.05, 0) is 28.6 Å². The van der Waals surface area contributed by atoms with Gasteiger partial charge in [-0.15, -0.1) is 71.4 Å². The Labute approximate surface area is 120 Å². The summed E-state index contributed by atoms with van der Waals surface area (Å²) >= 11 is 0. The summed E-state index contributed by atoms with van der Waals surface area (Å²) in [6.07, 6.45) is 0. The minimum atomic E-state index is 0.0294. The molecule has 0 radical (unpaired) electrons. The molecule has 0 saturated heterocycles. The molecule has 92 valence electrons. The van der Waals surface area contributed by atoms with Crippen LogP contribution >= 0.6 is 115 Å². The van der Waals surface area contributed by atoms with Crippen LogP contribution in [0.5, 0.6) is 0 Å². The Hall–Kier alpha value is 6.02. The van der Waals surface area contributed by atoms with Crippen molar-refractivity contribution in [3.63, 3.8) is 0 Å². The molecule has 0 aromatic heterocycles. The zero-order valence-corrected chi connectivity index (χ0v) is 22.6. The van der Waals surface area contributed by atoms with Crippen LogP contribution < -0.4 is 0 Å². The van der Waals surface area contributed by atoms with Gasteiger partial charge in [0, 0.05) is 5.14 Å². The summed E-state index contributed by atoms with van der Waals surface area (Å²) in [4.78, 5) is 0. The second-order valence-corrected chi connectivity index (χ2v) is 44.3. The Balaban J connectivity index is 4.84. The second-order valence-electron chi connectivity index (χ2n) is 2.41. The molecule has 0 bridgehead atoms. The maximum absolute atomic E-state index is 3.12. The Morgan fingerprint density at radius 2 is 1.20 bits per heavy atom. The molecule has 0 rings (SSSR count). The first-order valence-electron chi connectivity index (χ1n) is 3.49. The third kappa shape index (κ3) is 8.28. The molecule has 0 aliphatic heterocycles. The summed E-state index contributed by atoms with van der Waals surface area (Å²) in [5.74, 6) is 0. The highest BCUT2D eigenvalue weighted by Crippen LogP contribution is 3.06. The number of rotatable bonds is 6. The molecule has 0 aromatic rings. The van der Waals surface area contributed by atoms with Crippen molar-refractivity contribution in [3.8, 4) is 0 Å². The average Bonchev–Trinajstić information content (AvgIpc) is 2.10. The molecule has 11 atom stereocenters. The fourth-order valence-electron chi connectivity index (χ4n) is 0.799. The van der Waals surface area contributed by atoms with Crippen molar-refractivity contribution < 1.29 is 0 Å². The van der Waals surface area contributed by atoms with Crippen molar-refractivity contribution >= 4 is 115 Å². The summed E-state index contributed by atoms with van der Waals surface area (Å²) in [6, 6.07) is 0. The molecule has 0 heterocycles. The lowest BCUT2D eigenvalue weighted by Crippen LogP contribution is -1.84. The van der Waals surface area contributed by atoms with Gasteiger partial charge in [-0.1, -0.05) is 15.3 Å². The fourth-order valence-corrected chi connectivity index (χ4v) is 84.0. The van der Waals surface area contributed by atoms with Crippen LogP contribution in [0.15, 0.2) is 0 Å². The van der Waals surface area contributed by atoms with E-state index in [1.807, 2.05) is 0 Å². The van der Waals surface area contributed by atoms with Crippen LogP contribution in [0.3, 0.4) is 0 Å². The van der Waals surface area contributed by atoms with Crippen LogP contribution in [-0.2, 0) is 0 Å². The van der Waals surface area contributed by atoms with Crippen molar-refractivity contribution in [1.82, 2.24) is 0 Å². The molecule has 14 heteroatoms. The van der Waals surface area contributed by atoms with Gasteiger partial charge in [-0.2, -0.15) is 0 Å². The van der Waals surface area contributed by atoms with Crippen molar-refractivity contribution in [1.29, 1.82) is 0 Å². The zero-order valence-electron chi connectivity index (χ0n) is 7.93. The topological polar surface area (TPSA) is 0 Å². The van der Waals surface area contributed by atoms with Gasteiger partial charge in [0.15, 0.2) is 0 Å². The second kappa shape index (κ2) is 11.6. The molecule has 15 heavy (non-hydrogen) atoms. The summed E-state index contributed by atoms with van der Waals surface area (Å²) in [7, 11) is 25.7. The van der Waals surface area contributed by atoms with Gasteiger partial charge in [-0.25, -0.2) is 0 Å². The lowest BCUT2D eigenvalue weighted by molar-refractivity contribution is 2.06. The lowest BCUT2D eigenvalue weighted by atomic mass is 11.9. The van der Waals surface area contributed by atoms with Crippen molar-refractivity contribution in [2.75, 3.05) is 0 Å². The van der Waals surface area contributed by atoms with Crippen molar-refractivity contribution in [2.24, 2.45) is 0 Å². The monoisotopic (exact) mass is 464 g/mol. The SMILES string of the molecule is PPP(P)C(P(P)P)P(P(P)P)P(P)P. The summed E-state index contributed by atoms with van der Waals surface area (Å²) in [6.45, 7) is 0.119. The maximum atomic E-state index is 3.12. The van der Waals surface area contributed by atoms with Gasteiger partial charge in [0.25, 0.3) is 0 Å². The Morgan fingerprint density at radius 3 is 1.40 bits per heavy atom. The smallest absolute Gasteiger partial charge is 0.0425 e. The van der Waals surface area contributed by atoms with E-state index in [4.69, 9.17) is 0 Å². The number of hydrogen-bond donors (Lipinski definition) is 0. The van der Waals surface area contributed by atoms with Gasteiger partial charge >= 0.3 is 0 Å². The Bertz CT molecular complexity index is 153. The van der Waals surface area contributed by atoms with E-state index in [0.29, 0.717) is 0 Å². The Morgan fingerprint density at radius 1 is 0.800 bits per heavy atom. The van der Waals surface area contributed by atoms with Crippen LogP contribution in [0.4, 0.5) is 0 Å². The van der Waals surface area contributed by atoms with Gasteiger partial charge in [0.1, 0.15) is 0 Å². The van der Waals surface area contributed by atoms with Crippen LogP contribution in [0, 0.1) is 0 Å². The van der Waals surface area contributed by atoms with Gasteiger partial charge < -0.3 is 0 Å². The fraction of sp³-hybridized carbons (Fsp3) is 1.00. The zero-order chi connectivity index (χ0) is 12.2. The molecular formula is CH18P14. The molecule has 0 aliphatic carbocycles. The quantitative estimate of drug-likeness (QED) is 0.359. The molecule has 0 saturated carbocycles. The minimum absolute atomic E-state index is 0.0294. The normalized spacial score (nSPS) is 17.6. The van der Waals surface area contributed by atoms with E-state index < -0.39 is 0 Å². The first-order chi connectivity index (χ1) is 6.82. The molecule has 0 nitrogen and oxygen atoms in total. The highest BCUT2D eigenvalue weighted by molar-refractivity contribution is 8.99. The van der Waals surface area contributed by atoms with E-state index in [2.05, 4.69) is 71.4 Å². The van der Waals surface area contributed by atoms with E-state index >= 15 is 0 Å². The molecule has 0 spiro atoms. The van der Waals surface area contributed by atoms with E-state index in [1.165, 1.54) is 0 Å². The standard InChI is InChI=1S/CH18P14/c2-10-12(5)1(11(3)4)13(14(6)7)15(8)9/h1,10H,2-9H2. The third-order valence-corrected chi connectivity index (χ3v) is 51.5. The lowest BCUT2D eigenvalue weighted by Gasteiger charge is -2.38. The minimum Gasteiger partial charge on any atom is -0.110 e. The van der Waals surface area contributed by atoms with Crippen LogP contribution in [0.2, 0.25) is 0 Å². The van der Waals surface area contributed by atoms with Gasteiger partial charge in [0.2, 0.25) is 0 Å². The van der Waals surface area contributed by atoms with Crippen LogP contribution in [-0.4, -0.2) is 5.14 Å². The summed E-state index contributed by atoms with van der Waals surface area (Å²) < 4.78 is 0. The highest BCUT2D eigenvalue weighted by atomic mass is 33.0. The number of hydrogen-bond acceptors (Lipinski definition) is 0. The molecule has 0 fully saturated rings. The molecule has 0 aromatic carbocycles. The predicted octanol–water partition coefficient (Wildman–Crippen LogP) is 7.42. The first-order valence-corrected chi connectivity index (χ1v) is 26.8. The molecule has 0 amide bonds. The van der Waals surface area contributed by atoms with Crippen LogP contribution in [0.25, 0.3) is 0 Å². The average molecular weight is 464 g/mol. The third-order valence-electron chi connectivity index (χ3n) is 1.34. The molecule has 0 aliphatic rings. The van der Waals surface area contributed by atoms with E-state index in [-0.39, 0.29) is 35.9 Å². The van der Waals surface area contributed by atoms with Crippen molar-refractivity contribution in [3.05, 3.63) is 0 Å². The van der Waals surface area contributed by atoms with Gasteiger partial charge in [-0.3, -0.25) is 0 Å². The molecule has 11 unspecified atom stereocenters. The summed E-state index contributed by atoms with van der Waals surface area (Å²) in [5.41, 5.74) is 0. The highest BCUT2D eigenvalue weighted by Gasteiger charge is 2.33.